The summed E-state index contributed by atoms with van der Waals surface area (Å²) in [6.45, 7) is 9.04. The molecule has 2 N–H and O–H groups in total. The van der Waals surface area contributed by atoms with Crippen LogP contribution in [0.25, 0.3) is 0 Å². The fraction of sp³-hybridized carbons (Fsp3) is 0.368. The van der Waals surface area contributed by atoms with Crippen LogP contribution in [0, 0.1) is 10.5 Å². The number of para-hydroxylation sites is 1. The zero-order valence-corrected chi connectivity index (χ0v) is 14.1. The number of fused-ring (bicyclic) bond motifs is 1. The van der Waals surface area contributed by atoms with Gasteiger partial charge in [-0.2, -0.15) is 4.91 Å². The van der Waals surface area contributed by atoms with Crippen molar-refractivity contribution < 1.29 is 0 Å². The lowest BCUT2D eigenvalue weighted by molar-refractivity contribution is 0.695. The Morgan fingerprint density at radius 2 is 1.41 bits per heavy atom. The molecule has 3 nitrogen and oxygen atoms in total. The number of hydrogen-bond acceptors (Lipinski definition) is 3. The number of rotatable bonds is 1. The van der Waals surface area contributed by atoms with E-state index in [0.717, 1.165) is 13.0 Å². The van der Waals surface area contributed by atoms with Crippen LogP contribution < -0.4 is 5.32 Å². The first kappa shape index (κ1) is 19.8. The first-order valence-corrected chi connectivity index (χ1v) is 8.00. The average Bonchev–Trinajstić information content (AvgIpc) is 2.67. The van der Waals surface area contributed by atoms with Crippen LogP contribution in [0.3, 0.4) is 0 Å². The Bertz CT molecular complexity index is 500. The molecule has 1 aliphatic rings. The zero-order chi connectivity index (χ0) is 16.8. The Morgan fingerprint density at radius 3 is 2.05 bits per heavy atom. The summed E-state index contributed by atoms with van der Waals surface area (Å²) in [6, 6.07) is 19.4. The molecule has 120 valence electrons. The van der Waals surface area contributed by atoms with Gasteiger partial charge in [0.15, 0.2) is 0 Å². The van der Waals surface area contributed by atoms with Crippen molar-refractivity contribution in [3.8, 4) is 0 Å². The lowest BCUT2D eigenvalue weighted by Crippen LogP contribution is -2.21. The predicted molar refractivity (Wildman–Crippen MR) is 96.6 cm³/mol. The highest BCUT2D eigenvalue weighted by molar-refractivity contribution is 5.54. The highest BCUT2D eigenvalue weighted by Gasteiger charge is 2.18. The fourth-order valence-electron chi connectivity index (χ4n) is 2.40. The Labute approximate surface area is 134 Å². The summed E-state index contributed by atoms with van der Waals surface area (Å²) >= 11 is 0. The fourth-order valence-corrected chi connectivity index (χ4v) is 2.40. The lowest BCUT2D eigenvalue weighted by Gasteiger charge is -2.26. The van der Waals surface area contributed by atoms with Crippen molar-refractivity contribution in [2.45, 2.75) is 40.0 Å². The van der Waals surface area contributed by atoms with Crippen molar-refractivity contribution in [3.63, 3.8) is 0 Å². The molecule has 1 heterocycles. The summed E-state index contributed by atoms with van der Waals surface area (Å²) in [4.78, 5) is 7.50. The van der Waals surface area contributed by atoms with Gasteiger partial charge in [-0.3, -0.25) is 0 Å². The Kier molecular flexibility index (Phi) is 11.3. The molecule has 0 radical (unpaired) electrons. The van der Waals surface area contributed by atoms with E-state index in [0.29, 0.717) is 5.92 Å². The van der Waals surface area contributed by atoms with Crippen LogP contribution in [0.4, 0.5) is 5.69 Å². The predicted octanol–water partition coefficient (Wildman–Crippen LogP) is 5.82. The third-order valence-electron chi connectivity index (χ3n) is 3.29. The van der Waals surface area contributed by atoms with Crippen molar-refractivity contribution >= 4 is 5.69 Å². The SMILES string of the molecule is CC.CC.N=O.c1ccc(C2CNc3ccccc3C2)cc1. The van der Waals surface area contributed by atoms with Crippen LogP contribution in [0.15, 0.2) is 54.6 Å². The van der Waals surface area contributed by atoms with E-state index in [1.54, 1.807) is 0 Å². The van der Waals surface area contributed by atoms with E-state index in [2.05, 4.69) is 65.5 Å². The minimum absolute atomic E-state index is 0.607. The molecule has 1 aliphatic heterocycles. The van der Waals surface area contributed by atoms with Gasteiger partial charge < -0.3 is 5.32 Å². The smallest absolute Gasteiger partial charge is 0.0373 e. The number of anilines is 1. The normalized spacial score (nSPS) is 14.3. The minimum atomic E-state index is 0.607. The molecule has 1 unspecified atom stereocenters. The molecule has 2 aromatic rings. The van der Waals surface area contributed by atoms with E-state index in [4.69, 9.17) is 4.91 Å². The van der Waals surface area contributed by atoms with E-state index in [1.165, 1.54) is 16.8 Å². The second-order valence-electron chi connectivity index (χ2n) is 4.35. The van der Waals surface area contributed by atoms with Crippen LogP contribution in [0.5, 0.6) is 0 Å². The quantitative estimate of drug-likeness (QED) is 0.652. The van der Waals surface area contributed by atoms with E-state index in [1.807, 2.05) is 27.7 Å². The molecule has 3 rings (SSSR count). The van der Waals surface area contributed by atoms with Crippen LogP contribution >= 0.6 is 0 Å². The molecule has 0 fully saturated rings. The van der Waals surface area contributed by atoms with Gasteiger partial charge in [-0.1, -0.05) is 81.8 Å². The Hall–Kier alpha value is -2.16. The molecule has 1 atom stereocenters. The first-order valence-electron chi connectivity index (χ1n) is 8.00. The van der Waals surface area contributed by atoms with E-state index < -0.39 is 0 Å². The Balaban J connectivity index is 0.000000661. The molecule has 0 saturated heterocycles. The van der Waals surface area contributed by atoms with E-state index >= 15 is 0 Å². The third kappa shape index (κ3) is 5.68. The summed E-state index contributed by atoms with van der Waals surface area (Å²) in [5.41, 5.74) is 8.67. The molecule has 0 amide bonds. The second-order valence-corrected chi connectivity index (χ2v) is 4.35. The van der Waals surface area contributed by atoms with E-state index in [9.17, 15) is 0 Å². The highest BCUT2D eigenvalue weighted by atomic mass is 16.2. The zero-order valence-electron chi connectivity index (χ0n) is 14.1. The summed E-state index contributed by atoms with van der Waals surface area (Å²) < 4.78 is 0. The molecule has 22 heavy (non-hydrogen) atoms. The van der Waals surface area contributed by atoms with Gasteiger partial charge in [0.2, 0.25) is 0 Å². The van der Waals surface area contributed by atoms with Crippen molar-refractivity contribution in [1.82, 2.24) is 0 Å². The average molecular weight is 300 g/mol. The molecule has 0 saturated carbocycles. The minimum Gasteiger partial charge on any atom is -0.384 e. The van der Waals surface area contributed by atoms with E-state index in [-0.39, 0.29) is 0 Å². The number of nitroso groups, excluding NO2 is 1. The van der Waals surface area contributed by atoms with Gasteiger partial charge in [-0.25, -0.2) is 0 Å². The van der Waals surface area contributed by atoms with Gasteiger partial charge in [-0.15, -0.1) is 0 Å². The number of nitrogens with one attached hydrogen (secondary N) is 2. The molecular weight excluding hydrogens is 272 g/mol. The molecular formula is C19H28N2O. The lowest BCUT2D eigenvalue weighted by atomic mass is 9.88. The van der Waals surface area contributed by atoms with Crippen molar-refractivity contribution in [1.29, 1.82) is 5.59 Å². The topological polar surface area (TPSA) is 53.0 Å². The monoisotopic (exact) mass is 300 g/mol. The maximum Gasteiger partial charge on any atom is 0.0373 e. The largest absolute Gasteiger partial charge is 0.384 e. The van der Waals surface area contributed by atoms with Gasteiger partial charge in [-0.05, 0) is 23.6 Å². The maximum atomic E-state index is 7.50. The maximum absolute atomic E-state index is 7.50. The number of hydrogen-bond donors (Lipinski definition) is 2. The molecule has 0 aromatic heterocycles. The summed E-state index contributed by atoms with van der Waals surface area (Å²) in [5, 5.41) is 3.51. The van der Waals surface area contributed by atoms with Crippen LogP contribution in [0.2, 0.25) is 0 Å². The van der Waals surface area contributed by atoms with Crippen LogP contribution in [-0.4, -0.2) is 6.54 Å². The molecule has 3 heteroatoms. The molecule has 0 aliphatic carbocycles. The van der Waals surface area contributed by atoms with Gasteiger partial charge >= 0.3 is 0 Å². The van der Waals surface area contributed by atoms with Crippen molar-refractivity contribution in [3.05, 3.63) is 70.6 Å². The summed E-state index contributed by atoms with van der Waals surface area (Å²) in [7, 11) is 0. The van der Waals surface area contributed by atoms with Crippen LogP contribution in [0.1, 0.15) is 44.7 Å². The standard InChI is InChI=1S/C15H15N.2C2H6.HNO/c1-2-6-12(7-3-1)14-10-13-8-4-5-9-15(13)16-11-14;3*1-2/h1-9,14,16H,10-11H2;2*1-2H3;1H. The third-order valence-corrected chi connectivity index (χ3v) is 3.29. The van der Waals surface area contributed by atoms with Gasteiger partial charge in [0.05, 0.1) is 0 Å². The van der Waals surface area contributed by atoms with Crippen molar-refractivity contribution in [2.75, 3.05) is 11.9 Å². The second kappa shape index (κ2) is 12.6. The summed E-state index contributed by atoms with van der Waals surface area (Å²) in [5.74, 6) is 0.607. The van der Waals surface area contributed by atoms with Crippen molar-refractivity contribution in [2.24, 2.45) is 0 Å². The number of benzene rings is 2. The highest BCUT2D eigenvalue weighted by Crippen LogP contribution is 2.29. The summed E-state index contributed by atoms with van der Waals surface area (Å²) in [6.07, 6.45) is 1.15. The van der Waals surface area contributed by atoms with Gasteiger partial charge in [0, 0.05) is 18.2 Å². The van der Waals surface area contributed by atoms with Gasteiger partial charge in [0.1, 0.15) is 0 Å². The molecule has 0 spiro atoms. The van der Waals surface area contributed by atoms with Crippen LogP contribution in [-0.2, 0) is 6.42 Å². The molecule has 0 bridgehead atoms. The Morgan fingerprint density at radius 1 is 0.864 bits per heavy atom. The van der Waals surface area contributed by atoms with Gasteiger partial charge in [0.25, 0.3) is 0 Å². The molecule has 2 aromatic carbocycles. The first-order chi connectivity index (χ1) is 10.9.